The van der Waals surface area contributed by atoms with Crippen molar-refractivity contribution in [1.29, 1.82) is 0 Å². The van der Waals surface area contributed by atoms with Gasteiger partial charge in [0.15, 0.2) is 0 Å². The van der Waals surface area contributed by atoms with E-state index in [0.29, 0.717) is 28.1 Å². The van der Waals surface area contributed by atoms with E-state index >= 15 is 0 Å². The summed E-state index contributed by atoms with van der Waals surface area (Å²) in [7, 11) is 0. The van der Waals surface area contributed by atoms with Crippen LogP contribution in [0.25, 0.3) is 0 Å². The lowest BCUT2D eigenvalue weighted by Crippen LogP contribution is -2.21. The Bertz CT molecular complexity index is 1330. The van der Waals surface area contributed by atoms with Crippen molar-refractivity contribution in [3.8, 4) is 0 Å². The van der Waals surface area contributed by atoms with E-state index in [1.54, 1.807) is 85.1 Å². The molecule has 0 heterocycles. The average molecular weight is 479 g/mol. The van der Waals surface area contributed by atoms with Crippen LogP contribution in [0.5, 0.6) is 0 Å². The standard InChI is InChI=1S/C29H26N4O3/c1-3-30-25-16-10-17-26(20-25)33-29(36)24-15-9-14-23(19-24)27(34)31-18-8-7-11-21(2)32-28(35)22-12-5-4-6-13-22/h3-20,30H,1-2H2,(H,31,34)(H,32,35)(H,33,36)/b11-7-,18-8+. The molecule has 0 aliphatic carbocycles. The van der Waals surface area contributed by atoms with E-state index in [2.05, 4.69) is 34.4 Å². The summed E-state index contributed by atoms with van der Waals surface area (Å²) >= 11 is 0. The number of hydrogen-bond donors (Lipinski definition) is 4. The molecule has 0 atom stereocenters. The predicted octanol–water partition coefficient (Wildman–Crippen LogP) is 5.24. The van der Waals surface area contributed by atoms with Gasteiger partial charge in [0.25, 0.3) is 17.7 Å². The number of rotatable bonds is 10. The summed E-state index contributed by atoms with van der Waals surface area (Å²) in [6.07, 6.45) is 7.84. The Kier molecular flexibility index (Phi) is 9.13. The van der Waals surface area contributed by atoms with Gasteiger partial charge in [-0.3, -0.25) is 14.4 Å². The van der Waals surface area contributed by atoms with Crippen molar-refractivity contribution < 1.29 is 14.4 Å². The Labute approximate surface area is 209 Å². The molecule has 3 amide bonds. The van der Waals surface area contributed by atoms with Gasteiger partial charge in [-0.1, -0.05) is 49.6 Å². The highest BCUT2D eigenvalue weighted by molar-refractivity contribution is 6.06. The van der Waals surface area contributed by atoms with E-state index in [9.17, 15) is 14.4 Å². The second kappa shape index (κ2) is 12.9. The minimum atomic E-state index is -0.373. The van der Waals surface area contributed by atoms with E-state index in [4.69, 9.17) is 0 Å². The van der Waals surface area contributed by atoms with Crippen LogP contribution in [0.3, 0.4) is 0 Å². The Morgan fingerprint density at radius 3 is 2.11 bits per heavy atom. The van der Waals surface area contributed by atoms with Crippen molar-refractivity contribution in [2.75, 3.05) is 10.6 Å². The van der Waals surface area contributed by atoms with E-state index in [1.165, 1.54) is 12.3 Å². The van der Waals surface area contributed by atoms with Gasteiger partial charge >= 0.3 is 0 Å². The Hall–Kier alpha value is -5.17. The van der Waals surface area contributed by atoms with Gasteiger partial charge in [0, 0.05) is 40.0 Å². The van der Waals surface area contributed by atoms with Crippen LogP contribution in [0.15, 0.2) is 128 Å². The van der Waals surface area contributed by atoms with Gasteiger partial charge in [-0.2, -0.15) is 0 Å². The fourth-order valence-electron chi connectivity index (χ4n) is 3.09. The van der Waals surface area contributed by atoms with Crippen molar-refractivity contribution in [2.45, 2.75) is 0 Å². The summed E-state index contributed by atoms with van der Waals surface area (Å²) < 4.78 is 0. The molecule has 3 rings (SSSR count). The quantitative estimate of drug-likeness (QED) is 0.300. The number of hydrogen-bond acceptors (Lipinski definition) is 4. The summed E-state index contributed by atoms with van der Waals surface area (Å²) in [5.41, 5.74) is 3.02. The van der Waals surface area contributed by atoms with Gasteiger partial charge in [-0.15, -0.1) is 0 Å². The lowest BCUT2D eigenvalue weighted by atomic mass is 10.1. The summed E-state index contributed by atoms with van der Waals surface area (Å²) in [4.78, 5) is 37.2. The fraction of sp³-hybridized carbons (Fsp3) is 0. The first kappa shape index (κ1) is 25.5. The van der Waals surface area contributed by atoms with E-state index in [1.807, 2.05) is 12.1 Å². The lowest BCUT2D eigenvalue weighted by Gasteiger charge is -2.08. The fourth-order valence-corrected chi connectivity index (χ4v) is 3.09. The van der Waals surface area contributed by atoms with Gasteiger partial charge < -0.3 is 21.3 Å². The predicted molar refractivity (Wildman–Crippen MR) is 143 cm³/mol. The molecule has 0 radical (unpaired) electrons. The van der Waals surface area contributed by atoms with Crippen molar-refractivity contribution >= 4 is 29.1 Å². The van der Waals surface area contributed by atoms with Crippen LogP contribution in [-0.4, -0.2) is 17.7 Å². The zero-order valence-electron chi connectivity index (χ0n) is 19.5. The summed E-state index contributed by atoms with van der Waals surface area (Å²) in [6, 6.07) is 22.4. The van der Waals surface area contributed by atoms with Crippen LogP contribution in [-0.2, 0) is 0 Å². The second-order valence-corrected chi connectivity index (χ2v) is 7.50. The molecule has 0 aromatic heterocycles. The highest BCUT2D eigenvalue weighted by Crippen LogP contribution is 2.16. The maximum atomic E-state index is 12.6. The molecular weight excluding hydrogens is 452 g/mol. The molecule has 7 nitrogen and oxygen atoms in total. The molecule has 0 fully saturated rings. The first-order valence-corrected chi connectivity index (χ1v) is 11.0. The highest BCUT2D eigenvalue weighted by atomic mass is 16.2. The maximum absolute atomic E-state index is 12.6. The Balaban J connectivity index is 1.52. The van der Waals surface area contributed by atoms with Gasteiger partial charge in [-0.25, -0.2) is 0 Å². The minimum Gasteiger partial charge on any atom is -0.362 e. The normalized spacial score (nSPS) is 10.6. The molecule has 0 saturated carbocycles. The number of allylic oxidation sites excluding steroid dienone is 3. The van der Waals surface area contributed by atoms with Gasteiger partial charge in [0.1, 0.15) is 0 Å². The molecule has 0 bridgehead atoms. The summed E-state index contributed by atoms with van der Waals surface area (Å²) in [5.74, 6) is -0.967. The van der Waals surface area contributed by atoms with Gasteiger partial charge in [0.2, 0.25) is 0 Å². The largest absolute Gasteiger partial charge is 0.362 e. The first-order valence-electron chi connectivity index (χ1n) is 11.0. The van der Waals surface area contributed by atoms with Crippen molar-refractivity contribution in [3.63, 3.8) is 0 Å². The topological polar surface area (TPSA) is 99.3 Å². The molecule has 3 aromatic rings. The van der Waals surface area contributed by atoms with Crippen LogP contribution in [0, 0.1) is 0 Å². The van der Waals surface area contributed by atoms with Crippen LogP contribution >= 0.6 is 0 Å². The number of amides is 3. The Morgan fingerprint density at radius 2 is 1.36 bits per heavy atom. The smallest absolute Gasteiger partial charge is 0.255 e. The summed E-state index contributed by atoms with van der Waals surface area (Å²) in [6.45, 7) is 7.40. The molecule has 0 saturated heterocycles. The molecule has 3 aromatic carbocycles. The third-order valence-corrected chi connectivity index (χ3v) is 4.81. The maximum Gasteiger partial charge on any atom is 0.255 e. The molecule has 4 N–H and O–H groups in total. The van der Waals surface area contributed by atoms with Crippen LogP contribution in [0.2, 0.25) is 0 Å². The number of benzene rings is 3. The molecule has 0 spiro atoms. The van der Waals surface area contributed by atoms with Crippen LogP contribution < -0.4 is 21.3 Å². The zero-order valence-corrected chi connectivity index (χ0v) is 19.5. The molecule has 7 heteroatoms. The van der Waals surface area contributed by atoms with E-state index in [-0.39, 0.29) is 17.7 Å². The highest BCUT2D eigenvalue weighted by Gasteiger charge is 2.10. The van der Waals surface area contributed by atoms with E-state index in [0.717, 1.165) is 5.69 Å². The SMILES string of the molecule is C=CNc1cccc(NC(=O)c2cccc(C(=O)N/C=C/C=C\C(=C)NC(=O)c3ccccc3)c2)c1. The second-order valence-electron chi connectivity index (χ2n) is 7.50. The molecular formula is C29H26N4O3. The van der Waals surface area contributed by atoms with Gasteiger partial charge in [0.05, 0.1) is 0 Å². The zero-order chi connectivity index (χ0) is 25.8. The molecule has 0 unspecified atom stereocenters. The molecule has 0 aliphatic heterocycles. The Morgan fingerprint density at radius 1 is 0.694 bits per heavy atom. The van der Waals surface area contributed by atoms with Gasteiger partial charge in [-0.05, 0) is 66.9 Å². The number of carbonyl (C=O) groups excluding carboxylic acids is 3. The molecule has 0 aliphatic rings. The van der Waals surface area contributed by atoms with Crippen molar-refractivity contribution in [2.24, 2.45) is 0 Å². The minimum absolute atomic E-state index is 0.257. The summed E-state index contributed by atoms with van der Waals surface area (Å²) in [5, 5.41) is 11.1. The third kappa shape index (κ3) is 7.71. The number of nitrogens with one attached hydrogen (secondary N) is 4. The van der Waals surface area contributed by atoms with Crippen molar-refractivity contribution in [3.05, 3.63) is 145 Å². The molecule has 180 valence electrons. The first-order chi connectivity index (χ1) is 17.5. The monoisotopic (exact) mass is 478 g/mol. The molecule has 36 heavy (non-hydrogen) atoms. The average Bonchev–Trinajstić information content (AvgIpc) is 2.89. The van der Waals surface area contributed by atoms with Crippen molar-refractivity contribution in [1.82, 2.24) is 10.6 Å². The number of carbonyl (C=O) groups is 3. The van der Waals surface area contributed by atoms with Crippen LogP contribution in [0.1, 0.15) is 31.1 Å². The van der Waals surface area contributed by atoms with E-state index < -0.39 is 0 Å². The van der Waals surface area contributed by atoms with Crippen LogP contribution in [0.4, 0.5) is 11.4 Å². The lowest BCUT2D eigenvalue weighted by molar-refractivity contribution is 0.0960. The third-order valence-electron chi connectivity index (χ3n) is 4.81. The number of anilines is 2.